The van der Waals surface area contributed by atoms with Gasteiger partial charge in [-0.2, -0.15) is 0 Å². The summed E-state index contributed by atoms with van der Waals surface area (Å²) in [6.45, 7) is 2.33. The first kappa shape index (κ1) is 11.9. The number of anilines is 1. The van der Waals surface area contributed by atoms with Crippen LogP contribution in [0.15, 0.2) is 28.7 Å². The first-order chi connectivity index (χ1) is 7.65. The Balaban J connectivity index is 2.02. The molecule has 0 saturated carbocycles. The number of halogens is 1. The van der Waals surface area contributed by atoms with E-state index in [0.29, 0.717) is 13.2 Å². The number of rotatable bonds is 4. The summed E-state index contributed by atoms with van der Waals surface area (Å²) in [4.78, 5) is 2.16. The summed E-state index contributed by atoms with van der Waals surface area (Å²) in [6, 6.07) is 8.17. The molecule has 0 unspecified atom stereocenters. The summed E-state index contributed by atoms with van der Waals surface area (Å²) in [6.07, 6.45) is 0. The predicted molar refractivity (Wildman–Crippen MR) is 67.7 cm³/mol. The molecule has 1 aromatic rings. The zero-order valence-electron chi connectivity index (χ0n) is 9.32. The highest BCUT2D eigenvalue weighted by atomic mass is 79.9. The monoisotopic (exact) mass is 285 g/mol. The summed E-state index contributed by atoms with van der Waals surface area (Å²) in [5, 5.41) is 9.36. The van der Waals surface area contributed by atoms with Crippen LogP contribution in [0.1, 0.15) is 0 Å². The second kappa shape index (κ2) is 4.73. The molecule has 0 atom stereocenters. The third-order valence-corrected chi connectivity index (χ3v) is 3.52. The minimum Gasteiger partial charge on any atom is -0.396 e. The highest BCUT2D eigenvalue weighted by molar-refractivity contribution is 9.10. The number of hydrogen-bond donors (Lipinski definition) is 1. The zero-order chi connectivity index (χ0) is 11.6. The largest absolute Gasteiger partial charge is 0.396 e. The van der Waals surface area contributed by atoms with Crippen LogP contribution in [0.5, 0.6) is 0 Å². The molecule has 0 amide bonds. The van der Waals surface area contributed by atoms with Crippen LogP contribution in [-0.2, 0) is 4.74 Å². The lowest BCUT2D eigenvalue weighted by molar-refractivity contribution is -0.130. The first-order valence-electron chi connectivity index (χ1n) is 5.31. The molecular formula is C12H16BrNO2. The summed E-state index contributed by atoms with van der Waals surface area (Å²) >= 11 is 3.42. The van der Waals surface area contributed by atoms with Gasteiger partial charge in [0.05, 0.1) is 25.2 Å². The SMILES string of the molecule is CN(CC1(CO)COC1)c1ccc(Br)cc1. The Morgan fingerprint density at radius 3 is 2.44 bits per heavy atom. The van der Waals surface area contributed by atoms with Crippen LogP contribution >= 0.6 is 15.9 Å². The molecule has 0 aliphatic carbocycles. The van der Waals surface area contributed by atoms with E-state index in [0.717, 1.165) is 16.7 Å². The zero-order valence-corrected chi connectivity index (χ0v) is 10.9. The van der Waals surface area contributed by atoms with Crippen LogP contribution in [0, 0.1) is 5.41 Å². The van der Waals surface area contributed by atoms with Gasteiger partial charge in [0.2, 0.25) is 0 Å². The molecule has 1 saturated heterocycles. The van der Waals surface area contributed by atoms with E-state index in [1.54, 1.807) is 0 Å². The molecule has 0 bridgehead atoms. The number of benzene rings is 1. The van der Waals surface area contributed by atoms with Gasteiger partial charge in [-0.05, 0) is 24.3 Å². The average Bonchev–Trinajstić information content (AvgIpc) is 2.24. The summed E-state index contributed by atoms with van der Waals surface area (Å²) in [7, 11) is 2.04. The van der Waals surface area contributed by atoms with Gasteiger partial charge in [-0.3, -0.25) is 0 Å². The molecule has 16 heavy (non-hydrogen) atoms. The van der Waals surface area contributed by atoms with E-state index in [4.69, 9.17) is 4.74 Å². The highest BCUT2D eigenvalue weighted by Gasteiger charge is 2.39. The smallest absolute Gasteiger partial charge is 0.0584 e. The normalized spacial score (nSPS) is 17.9. The minimum atomic E-state index is -0.0676. The van der Waals surface area contributed by atoms with Crippen LogP contribution in [0.3, 0.4) is 0 Å². The van der Waals surface area contributed by atoms with E-state index in [1.165, 1.54) is 0 Å². The van der Waals surface area contributed by atoms with E-state index < -0.39 is 0 Å². The Bertz CT molecular complexity index is 343. The van der Waals surface area contributed by atoms with Crippen molar-refractivity contribution >= 4 is 21.6 Å². The predicted octanol–water partition coefficient (Wildman–Crippen LogP) is 1.89. The van der Waals surface area contributed by atoms with Gasteiger partial charge in [0.25, 0.3) is 0 Å². The maximum Gasteiger partial charge on any atom is 0.0584 e. The fourth-order valence-electron chi connectivity index (χ4n) is 1.91. The van der Waals surface area contributed by atoms with Gasteiger partial charge in [0, 0.05) is 23.8 Å². The molecule has 3 nitrogen and oxygen atoms in total. The van der Waals surface area contributed by atoms with Crippen LogP contribution < -0.4 is 4.90 Å². The molecule has 1 N–H and O–H groups in total. The Morgan fingerprint density at radius 1 is 1.38 bits per heavy atom. The lowest BCUT2D eigenvalue weighted by Gasteiger charge is -2.42. The molecule has 0 radical (unpaired) electrons. The van der Waals surface area contributed by atoms with E-state index >= 15 is 0 Å². The van der Waals surface area contributed by atoms with Crippen molar-refractivity contribution in [1.82, 2.24) is 0 Å². The van der Waals surface area contributed by atoms with E-state index in [1.807, 2.05) is 19.2 Å². The van der Waals surface area contributed by atoms with Crippen molar-refractivity contribution in [1.29, 1.82) is 0 Å². The fourth-order valence-corrected chi connectivity index (χ4v) is 2.18. The van der Waals surface area contributed by atoms with Crippen molar-refractivity contribution in [2.45, 2.75) is 0 Å². The topological polar surface area (TPSA) is 32.7 Å². The molecule has 88 valence electrons. The molecule has 4 heteroatoms. The van der Waals surface area contributed by atoms with Crippen molar-refractivity contribution in [3.63, 3.8) is 0 Å². The van der Waals surface area contributed by atoms with Gasteiger partial charge >= 0.3 is 0 Å². The number of aliphatic hydroxyl groups excluding tert-OH is 1. The summed E-state index contributed by atoms with van der Waals surface area (Å²) in [5.74, 6) is 0. The van der Waals surface area contributed by atoms with Crippen LogP contribution in [0.25, 0.3) is 0 Å². The summed E-state index contributed by atoms with van der Waals surface area (Å²) < 4.78 is 6.27. The first-order valence-corrected chi connectivity index (χ1v) is 6.10. The maximum atomic E-state index is 9.36. The number of aliphatic hydroxyl groups is 1. The second-order valence-electron chi connectivity index (χ2n) is 4.48. The average molecular weight is 286 g/mol. The number of ether oxygens (including phenoxy) is 1. The van der Waals surface area contributed by atoms with Crippen LogP contribution in [0.4, 0.5) is 5.69 Å². The number of nitrogens with zero attached hydrogens (tertiary/aromatic N) is 1. The number of hydrogen-bond acceptors (Lipinski definition) is 3. The summed E-state index contributed by atoms with van der Waals surface area (Å²) in [5.41, 5.74) is 1.09. The molecule has 2 rings (SSSR count). The molecule has 1 aromatic carbocycles. The molecule has 0 spiro atoms. The van der Waals surface area contributed by atoms with E-state index in [-0.39, 0.29) is 12.0 Å². The Kier molecular flexibility index (Phi) is 3.52. The van der Waals surface area contributed by atoms with Gasteiger partial charge < -0.3 is 14.7 Å². The maximum absolute atomic E-state index is 9.36. The van der Waals surface area contributed by atoms with E-state index in [2.05, 4.69) is 33.0 Å². The molecule has 1 aliphatic heterocycles. The lowest BCUT2D eigenvalue weighted by atomic mass is 9.86. The Hall–Kier alpha value is -0.580. The van der Waals surface area contributed by atoms with Crippen molar-refractivity contribution in [3.8, 4) is 0 Å². The Labute approximate surface area is 104 Å². The van der Waals surface area contributed by atoms with E-state index in [9.17, 15) is 5.11 Å². The molecule has 1 fully saturated rings. The van der Waals surface area contributed by atoms with Crippen molar-refractivity contribution < 1.29 is 9.84 Å². The fraction of sp³-hybridized carbons (Fsp3) is 0.500. The third kappa shape index (κ3) is 2.39. The van der Waals surface area contributed by atoms with Crippen molar-refractivity contribution in [2.75, 3.05) is 38.3 Å². The quantitative estimate of drug-likeness (QED) is 0.917. The van der Waals surface area contributed by atoms with Gasteiger partial charge in [-0.1, -0.05) is 15.9 Å². The standard InChI is InChI=1S/C12H16BrNO2/c1-14(6-12(7-15)8-16-9-12)11-4-2-10(13)3-5-11/h2-5,15H,6-9H2,1H3. The van der Waals surface area contributed by atoms with Gasteiger partial charge in [0.1, 0.15) is 0 Å². The lowest BCUT2D eigenvalue weighted by Crippen LogP contribution is -2.52. The van der Waals surface area contributed by atoms with Gasteiger partial charge in [-0.25, -0.2) is 0 Å². The van der Waals surface area contributed by atoms with Gasteiger partial charge in [0.15, 0.2) is 0 Å². The highest BCUT2D eigenvalue weighted by Crippen LogP contribution is 2.29. The van der Waals surface area contributed by atoms with Crippen LogP contribution in [-0.4, -0.2) is 38.5 Å². The molecule has 0 aromatic heterocycles. The molecule has 1 heterocycles. The van der Waals surface area contributed by atoms with Crippen molar-refractivity contribution in [2.24, 2.45) is 5.41 Å². The molecule has 1 aliphatic rings. The van der Waals surface area contributed by atoms with Crippen molar-refractivity contribution in [3.05, 3.63) is 28.7 Å². The van der Waals surface area contributed by atoms with Gasteiger partial charge in [-0.15, -0.1) is 0 Å². The third-order valence-electron chi connectivity index (χ3n) is 2.99. The van der Waals surface area contributed by atoms with Crippen LogP contribution in [0.2, 0.25) is 0 Å². The minimum absolute atomic E-state index is 0.0676. The Morgan fingerprint density at radius 2 is 2.00 bits per heavy atom. The second-order valence-corrected chi connectivity index (χ2v) is 5.40. The molecular weight excluding hydrogens is 270 g/mol.